The Hall–Kier alpha value is -0.860. The van der Waals surface area contributed by atoms with Gasteiger partial charge in [0, 0.05) is 6.61 Å². The average Bonchev–Trinajstić information content (AvgIpc) is 2.24. The summed E-state index contributed by atoms with van der Waals surface area (Å²) in [5, 5.41) is 0. The molecule has 2 nitrogen and oxygen atoms in total. The van der Waals surface area contributed by atoms with E-state index in [1.165, 1.54) is 11.1 Å². The number of rotatable bonds is 6. The molecule has 0 radical (unpaired) electrons. The van der Waals surface area contributed by atoms with Crippen LogP contribution in [0.5, 0.6) is 0 Å². The maximum atomic E-state index is 5.59. The van der Waals surface area contributed by atoms with Crippen molar-refractivity contribution in [3.8, 4) is 0 Å². The molecule has 0 aliphatic heterocycles. The van der Waals surface area contributed by atoms with Crippen LogP contribution in [-0.2, 0) is 22.7 Å². The Kier molecular flexibility index (Phi) is 5.37. The van der Waals surface area contributed by atoms with Gasteiger partial charge in [-0.05, 0) is 31.9 Å². The third-order valence-electron chi connectivity index (χ3n) is 2.15. The van der Waals surface area contributed by atoms with Crippen LogP contribution in [0.4, 0.5) is 0 Å². The molecule has 0 spiro atoms. The molecular weight excluding hydrogens is 188 g/mol. The molecule has 84 valence electrons. The van der Waals surface area contributed by atoms with Gasteiger partial charge in [-0.25, -0.2) is 0 Å². The zero-order chi connectivity index (χ0) is 11.1. The maximum absolute atomic E-state index is 5.59. The highest BCUT2D eigenvalue weighted by atomic mass is 16.5. The number of hydrogen-bond acceptors (Lipinski definition) is 2. The van der Waals surface area contributed by atoms with Crippen molar-refractivity contribution in [2.45, 2.75) is 40.1 Å². The molecule has 0 heterocycles. The first-order valence-corrected chi connectivity index (χ1v) is 5.50. The van der Waals surface area contributed by atoms with Crippen LogP contribution in [0, 0.1) is 0 Å². The second-order valence-electron chi connectivity index (χ2n) is 3.77. The quantitative estimate of drug-likeness (QED) is 0.715. The van der Waals surface area contributed by atoms with Crippen LogP contribution in [0.25, 0.3) is 0 Å². The molecule has 0 aliphatic carbocycles. The lowest BCUT2D eigenvalue weighted by Gasteiger charge is -2.11. The van der Waals surface area contributed by atoms with Gasteiger partial charge >= 0.3 is 0 Å². The van der Waals surface area contributed by atoms with E-state index in [0.717, 1.165) is 6.61 Å². The van der Waals surface area contributed by atoms with Crippen molar-refractivity contribution < 1.29 is 9.47 Å². The predicted molar refractivity (Wildman–Crippen MR) is 61.7 cm³/mol. The second kappa shape index (κ2) is 6.59. The van der Waals surface area contributed by atoms with Gasteiger partial charge in [0.25, 0.3) is 0 Å². The highest BCUT2D eigenvalue weighted by molar-refractivity contribution is 5.25. The summed E-state index contributed by atoms with van der Waals surface area (Å²) in [6, 6.07) is 8.26. The molecule has 2 heteroatoms. The third kappa shape index (κ3) is 4.45. The van der Waals surface area contributed by atoms with Gasteiger partial charge in [-0.2, -0.15) is 0 Å². The van der Waals surface area contributed by atoms with Gasteiger partial charge in [-0.15, -0.1) is 0 Å². The molecule has 0 bridgehead atoms. The SMILES string of the molecule is CCOCc1ccccc1COC(C)C. The van der Waals surface area contributed by atoms with Crippen LogP contribution in [0.3, 0.4) is 0 Å². The van der Waals surface area contributed by atoms with Crippen LogP contribution < -0.4 is 0 Å². The minimum absolute atomic E-state index is 0.269. The molecular formula is C13H20O2. The first kappa shape index (κ1) is 12.2. The van der Waals surface area contributed by atoms with Crippen molar-refractivity contribution >= 4 is 0 Å². The minimum atomic E-state index is 0.269. The van der Waals surface area contributed by atoms with E-state index in [-0.39, 0.29) is 6.10 Å². The van der Waals surface area contributed by atoms with Crippen LogP contribution in [0.15, 0.2) is 24.3 Å². The highest BCUT2D eigenvalue weighted by Gasteiger charge is 2.02. The summed E-state index contributed by atoms with van der Waals surface area (Å²) in [5.74, 6) is 0. The van der Waals surface area contributed by atoms with Gasteiger partial charge in [-0.1, -0.05) is 24.3 Å². The Morgan fingerprint density at radius 2 is 1.67 bits per heavy atom. The fraction of sp³-hybridized carbons (Fsp3) is 0.538. The van der Waals surface area contributed by atoms with Gasteiger partial charge in [-0.3, -0.25) is 0 Å². The number of hydrogen-bond donors (Lipinski definition) is 0. The Morgan fingerprint density at radius 3 is 2.20 bits per heavy atom. The van der Waals surface area contributed by atoms with Gasteiger partial charge in [0.15, 0.2) is 0 Å². The molecule has 0 aromatic heterocycles. The summed E-state index contributed by atoms with van der Waals surface area (Å²) in [6.45, 7) is 8.19. The molecule has 0 aliphatic rings. The fourth-order valence-electron chi connectivity index (χ4n) is 1.31. The first-order chi connectivity index (χ1) is 7.24. The monoisotopic (exact) mass is 208 g/mol. The van der Waals surface area contributed by atoms with Crippen molar-refractivity contribution in [1.82, 2.24) is 0 Å². The van der Waals surface area contributed by atoms with Crippen molar-refractivity contribution in [2.75, 3.05) is 6.61 Å². The van der Waals surface area contributed by atoms with E-state index in [4.69, 9.17) is 9.47 Å². The van der Waals surface area contributed by atoms with Crippen LogP contribution in [0.2, 0.25) is 0 Å². The Morgan fingerprint density at radius 1 is 1.07 bits per heavy atom. The lowest BCUT2D eigenvalue weighted by Crippen LogP contribution is -2.05. The van der Waals surface area contributed by atoms with E-state index in [1.54, 1.807) is 0 Å². The van der Waals surface area contributed by atoms with E-state index < -0.39 is 0 Å². The molecule has 1 rings (SSSR count). The Balaban J connectivity index is 2.59. The minimum Gasteiger partial charge on any atom is -0.377 e. The second-order valence-corrected chi connectivity index (χ2v) is 3.77. The summed E-state index contributed by atoms with van der Waals surface area (Å²) in [6.07, 6.45) is 0.269. The van der Waals surface area contributed by atoms with Crippen molar-refractivity contribution in [3.05, 3.63) is 35.4 Å². The van der Waals surface area contributed by atoms with Gasteiger partial charge in [0.2, 0.25) is 0 Å². The van der Waals surface area contributed by atoms with E-state index in [9.17, 15) is 0 Å². The zero-order valence-electron chi connectivity index (χ0n) is 9.82. The Bertz CT molecular complexity index is 282. The molecule has 0 unspecified atom stereocenters. The van der Waals surface area contributed by atoms with Crippen molar-refractivity contribution in [1.29, 1.82) is 0 Å². The molecule has 0 fully saturated rings. The lowest BCUT2D eigenvalue weighted by atomic mass is 10.1. The first-order valence-electron chi connectivity index (χ1n) is 5.50. The van der Waals surface area contributed by atoms with Crippen molar-refractivity contribution in [3.63, 3.8) is 0 Å². The normalized spacial score (nSPS) is 10.9. The van der Waals surface area contributed by atoms with Crippen LogP contribution in [0.1, 0.15) is 31.9 Å². The van der Waals surface area contributed by atoms with Crippen LogP contribution >= 0.6 is 0 Å². The summed E-state index contributed by atoms with van der Waals surface area (Å²) in [5.41, 5.74) is 2.44. The van der Waals surface area contributed by atoms with Gasteiger partial charge < -0.3 is 9.47 Å². The molecule has 1 aromatic carbocycles. The van der Waals surface area contributed by atoms with E-state index in [1.807, 2.05) is 32.9 Å². The molecule has 1 aromatic rings. The average molecular weight is 208 g/mol. The lowest BCUT2D eigenvalue weighted by molar-refractivity contribution is 0.0633. The van der Waals surface area contributed by atoms with Crippen LogP contribution in [-0.4, -0.2) is 12.7 Å². The molecule has 0 amide bonds. The van der Waals surface area contributed by atoms with E-state index in [2.05, 4.69) is 12.1 Å². The molecule has 0 saturated carbocycles. The molecule has 0 atom stereocenters. The standard InChI is InChI=1S/C13H20O2/c1-4-14-9-12-7-5-6-8-13(12)10-15-11(2)3/h5-8,11H,4,9-10H2,1-3H3. The fourth-order valence-corrected chi connectivity index (χ4v) is 1.31. The largest absolute Gasteiger partial charge is 0.377 e. The predicted octanol–water partition coefficient (Wildman–Crippen LogP) is 3.15. The summed E-state index contributed by atoms with van der Waals surface area (Å²) in [4.78, 5) is 0. The topological polar surface area (TPSA) is 18.5 Å². The van der Waals surface area contributed by atoms with Gasteiger partial charge in [0.05, 0.1) is 19.3 Å². The third-order valence-corrected chi connectivity index (χ3v) is 2.15. The van der Waals surface area contributed by atoms with Crippen molar-refractivity contribution in [2.24, 2.45) is 0 Å². The number of benzene rings is 1. The van der Waals surface area contributed by atoms with E-state index in [0.29, 0.717) is 13.2 Å². The summed E-state index contributed by atoms with van der Waals surface area (Å²) < 4.78 is 11.0. The molecule has 0 saturated heterocycles. The highest BCUT2D eigenvalue weighted by Crippen LogP contribution is 2.12. The zero-order valence-corrected chi connectivity index (χ0v) is 9.82. The maximum Gasteiger partial charge on any atom is 0.0723 e. The van der Waals surface area contributed by atoms with E-state index >= 15 is 0 Å². The summed E-state index contributed by atoms with van der Waals surface area (Å²) in [7, 11) is 0. The molecule has 0 N–H and O–H groups in total. The number of ether oxygens (including phenoxy) is 2. The molecule has 15 heavy (non-hydrogen) atoms. The van der Waals surface area contributed by atoms with Gasteiger partial charge in [0.1, 0.15) is 0 Å². The smallest absolute Gasteiger partial charge is 0.0723 e. The Labute approximate surface area is 92.2 Å². The summed E-state index contributed by atoms with van der Waals surface area (Å²) >= 11 is 0.